The molecular formula is C14H21NO. The van der Waals surface area contributed by atoms with E-state index < -0.39 is 0 Å². The third-order valence-electron chi connectivity index (χ3n) is 3.43. The Bertz CT molecular complexity index is 350. The maximum atomic E-state index is 9.68. The molecule has 1 N–H and O–H groups in total. The molecule has 16 heavy (non-hydrogen) atoms. The fourth-order valence-corrected chi connectivity index (χ4v) is 2.43. The second-order valence-electron chi connectivity index (χ2n) is 5.06. The lowest BCUT2D eigenvalue weighted by Crippen LogP contribution is -2.41. The van der Waals surface area contributed by atoms with Crippen molar-refractivity contribution < 1.29 is 5.11 Å². The van der Waals surface area contributed by atoms with E-state index in [1.807, 2.05) is 0 Å². The van der Waals surface area contributed by atoms with Crippen LogP contribution < -0.4 is 0 Å². The Morgan fingerprint density at radius 3 is 2.94 bits per heavy atom. The summed E-state index contributed by atoms with van der Waals surface area (Å²) in [5.41, 5.74) is 2.70. The smallest absolute Gasteiger partial charge is 0.0590 e. The van der Waals surface area contributed by atoms with Crippen LogP contribution in [0.15, 0.2) is 24.3 Å². The third kappa shape index (κ3) is 2.83. The second-order valence-corrected chi connectivity index (χ2v) is 5.06. The Balaban J connectivity index is 1.95. The zero-order chi connectivity index (χ0) is 11.5. The van der Waals surface area contributed by atoms with Gasteiger partial charge in [-0.2, -0.15) is 0 Å². The van der Waals surface area contributed by atoms with Gasteiger partial charge in [0.15, 0.2) is 0 Å². The monoisotopic (exact) mass is 219 g/mol. The van der Waals surface area contributed by atoms with Crippen LogP contribution in [0.2, 0.25) is 0 Å². The first-order valence-electron chi connectivity index (χ1n) is 6.11. The van der Waals surface area contributed by atoms with Crippen LogP contribution in [0.4, 0.5) is 0 Å². The lowest BCUT2D eigenvalue weighted by Gasteiger charge is -2.34. The van der Waals surface area contributed by atoms with Crippen molar-refractivity contribution in [2.24, 2.45) is 5.92 Å². The van der Waals surface area contributed by atoms with Gasteiger partial charge < -0.3 is 5.11 Å². The van der Waals surface area contributed by atoms with Crippen LogP contribution in [0.1, 0.15) is 24.5 Å². The summed E-state index contributed by atoms with van der Waals surface area (Å²) in [6.45, 7) is 7.30. The maximum Gasteiger partial charge on any atom is 0.0590 e. The topological polar surface area (TPSA) is 23.5 Å². The summed E-state index contributed by atoms with van der Waals surface area (Å²) in [5, 5.41) is 9.68. The van der Waals surface area contributed by atoms with Gasteiger partial charge in [0.2, 0.25) is 0 Å². The van der Waals surface area contributed by atoms with Gasteiger partial charge in [0, 0.05) is 19.6 Å². The minimum atomic E-state index is -0.103. The van der Waals surface area contributed by atoms with Crippen LogP contribution in [0.25, 0.3) is 0 Å². The summed E-state index contributed by atoms with van der Waals surface area (Å²) in [7, 11) is 0. The standard InChI is InChI=1S/C14H21NO/c1-11-4-3-5-13(8-11)10-15-7-6-14(16)12(2)9-15/h3-5,8,12,14,16H,6-7,9-10H2,1-2H3/t12-,14+/m0/s1. The van der Waals surface area contributed by atoms with Gasteiger partial charge in [-0.05, 0) is 24.8 Å². The van der Waals surface area contributed by atoms with Gasteiger partial charge >= 0.3 is 0 Å². The molecule has 0 amide bonds. The van der Waals surface area contributed by atoms with Crippen molar-refractivity contribution in [1.82, 2.24) is 4.90 Å². The average molecular weight is 219 g/mol. The molecule has 0 radical (unpaired) electrons. The third-order valence-corrected chi connectivity index (χ3v) is 3.43. The van der Waals surface area contributed by atoms with Crippen molar-refractivity contribution in [3.63, 3.8) is 0 Å². The van der Waals surface area contributed by atoms with Crippen molar-refractivity contribution >= 4 is 0 Å². The Kier molecular flexibility index (Phi) is 3.62. The van der Waals surface area contributed by atoms with Crippen molar-refractivity contribution in [3.8, 4) is 0 Å². The molecule has 2 heteroatoms. The lowest BCUT2D eigenvalue weighted by atomic mass is 9.96. The molecule has 88 valence electrons. The van der Waals surface area contributed by atoms with Crippen molar-refractivity contribution in [1.29, 1.82) is 0 Å². The van der Waals surface area contributed by atoms with Crippen LogP contribution in [0.5, 0.6) is 0 Å². The van der Waals surface area contributed by atoms with E-state index in [0.717, 1.165) is 26.1 Å². The summed E-state index contributed by atoms with van der Waals surface area (Å²) in [5.74, 6) is 0.401. The summed E-state index contributed by atoms with van der Waals surface area (Å²) in [4.78, 5) is 2.44. The Morgan fingerprint density at radius 2 is 2.25 bits per heavy atom. The van der Waals surface area contributed by atoms with Gasteiger partial charge in [-0.25, -0.2) is 0 Å². The van der Waals surface area contributed by atoms with Crippen molar-refractivity contribution in [2.75, 3.05) is 13.1 Å². The first-order chi connectivity index (χ1) is 7.65. The molecule has 0 unspecified atom stereocenters. The number of likely N-dealkylation sites (tertiary alicyclic amines) is 1. The molecule has 1 aromatic rings. The molecule has 1 aliphatic heterocycles. The van der Waals surface area contributed by atoms with Gasteiger partial charge in [0.25, 0.3) is 0 Å². The number of nitrogens with zero attached hydrogens (tertiary/aromatic N) is 1. The van der Waals surface area contributed by atoms with E-state index in [0.29, 0.717) is 5.92 Å². The molecule has 1 fully saturated rings. The van der Waals surface area contributed by atoms with Gasteiger partial charge in [-0.1, -0.05) is 36.8 Å². The van der Waals surface area contributed by atoms with E-state index >= 15 is 0 Å². The molecule has 0 aromatic heterocycles. The quantitative estimate of drug-likeness (QED) is 0.824. The van der Waals surface area contributed by atoms with Crippen LogP contribution in [0.3, 0.4) is 0 Å². The molecule has 1 aliphatic rings. The van der Waals surface area contributed by atoms with Crippen molar-refractivity contribution in [2.45, 2.75) is 32.9 Å². The predicted octanol–water partition coefficient (Wildman–Crippen LogP) is 2.20. The fraction of sp³-hybridized carbons (Fsp3) is 0.571. The summed E-state index contributed by atoms with van der Waals surface area (Å²) in [6, 6.07) is 8.68. The van der Waals surface area contributed by atoms with Gasteiger partial charge in [0.1, 0.15) is 0 Å². The number of aryl methyl sites for hydroxylation is 1. The van der Waals surface area contributed by atoms with Gasteiger partial charge in [-0.3, -0.25) is 4.90 Å². The maximum absolute atomic E-state index is 9.68. The molecule has 1 aromatic carbocycles. The zero-order valence-electron chi connectivity index (χ0n) is 10.2. The van der Waals surface area contributed by atoms with Gasteiger partial charge in [-0.15, -0.1) is 0 Å². The molecule has 0 spiro atoms. The number of hydrogen-bond acceptors (Lipinski definition) is 2. The van der Waals surface area contributed by atoms with E-state index in [-0.39, 0.29) is 6.10 Å². The molecule has 0 aliphatic carbocycles. The van der Waals surface area contributed by atoms with Crippen LogP contribution in [-0.2, 0) is 6.54 Å². The van der Waals surface area contributed by atoms with Crippen LogP contribution >= 0.6 is 0 Å². The number of hydrogen-bond donors (Lipinski definition) is 1. The van der Waals surface area contributed by atoms with E-state index in [1.54, 1.807) is 0 Å². The first kappa shape index (κ1) is 11.6. The predicted molar refractivity (Wildman–Crippen MR) is 66.2 cm³/mol. The summed E-state index contributed by atoms with van der Waals surface area (Å²) >= 11 is 0. The van der Waals surface area contributed by atoms with Crippen molar-refractivity contribution in [3.05, 3.63) is 35.4 Å². The minimum Gasteiger partial charge on any atom is -0.393 e. The molecule has 1 saturated heterocycles. The Hall–Kier alpha value is -0.860. The number of rotatable bonds is 2. The van der Waals surface area contributed by atoms with Crippen LogP contribution in [-0.4, -0.2) is 29.2 Å². The lowest BCUT2D eigenvalue weighted by molar-refractivity contribution is 0.0320. The summed E-state index contributed by atoms with van der Waals surface area (Å²) in [6.07, 6.45) is 0.807. The molecule has 2 rings (SSSR count). The largest absolute Gasteiger partial charge is 0.393 e. The Labute approximate surface area is 97.9 Å². The second kappa shape index (κ2) is 4.98. The zero-order valence-corrected chi connectivity index (χ0v) is 10.2. The Morgan fingerprint density at radius 1 is 1.44 bits per heavy atom. The molecule has 2 atom stereocenters. The molecule has 2 nitrogen and oxygen atoms in total. The number of piperidine rings is 1. The molecule has 1 heterocycles. The van der Waals surface area contributed by atoms with E-state index in [4.69, 9.17) is 0 Å². The number of benzene rings is 1. The van der Waals surface area contributed by atoms with Gasteiger partial charge in [0.05, 0.1) is 6.10 Å². The normalized spacial score (nSPS) is 26.9. The number of aliphatic hydroxyl groups is 1. The molecule has 0 saturated carbocycles. The van der Waals surface area contributed by atoms with E-state index in [9.17, 15) is 5.11 Å². The highest BCUT2D eigenvalue weighted by atomic mass is 16.3. The number of aliphatic hydroxyl groups excluding tert-OH is 1. The minimum absolute atomic E-state index is 0.103. The van der Waals surface area contributed by atoms with Crippen LogP contribution in [0, 0.1) is 12.8 Å². The summed E-state index contributed by atoms with van der Waals surface area (Å²) < 4.78 is 0. The van der Waals surface area contributed by atoms with E-state index in [2.05, 4.69) is 43.0 Å². The molecule has 0 bridgehead atoms. The fourth-order valence-electron chi connectivity index (χ4n) is 2.43. The molecular weight excluding hydrogens is 198 g/mol. The first-order valence-corrected chi connectivity index (χ1v) is 6.11. The highest BCUT2D eigenvalue weighted by Crippen LogP contribution is 2.18. The highest BCUT2D eigenvalue weighted by Gasteiger charge is 2.23. The van der Waals surface area contributed by atoms with E-state index in [1.165, 1.54) is 11.1 Å². The average Bonchev–Trinajstić information content (AvgIpc) is 2.24. The highest BCUT2D eigenvalue weighted by molar-refractivity contribution is 5.22. The SMILES string of the molecule is Cc1cccc(CN2CC[C@@H](O)[C@@H](C)C2)c1.